The maximum Gasteiger partial charge on any atom is 0.262 e. The van der Waals surface area contributed by atoms with Crippen LogP contribution in [0.15, 0.2) is 47.4 Å². The van der Waals surface area contributed by atoms with Gasteiger partial charge in [0.05, 0.1) is 22.2 Å². The van der Waals surface area contributed by atoms with Crippen LogP contribution in [-0.2, 0) is 14.8 Å². The van der Waals surface area contributed by atoms with Gasteiger partial charge in [0.2, 0.25) is 10.0 Å². The predicted octanol–water partition coefficient (Wildman–Crippen LogP) is 2.31. The summed E-state index contributed by atoms with van der Waals surface area (Å²) in [7, 11) is -3.72. The van der Waals surface area contributed by atoms with Crippen LogP contribution in [0, 0.1) is 11.3 Å². The van der Waals surface area contributed by atoms with Gasteiger partial charge in [-0.15, -0.1) is 0 Å². The van der Waals surface area contributed by atoms with Gasteiger partial charge in [0, 0.05) is 13.1 Å². The molecule has 0 unspecified atom stereocenters. The number of anilines is 1. The Balaban J connectivity index is 2.10. The number of rotatable bonds is 8. The number of aromatic hydroxyl groups is 1. The van der Waals surface area contributed by atoms with E-state index in [2.05, 4.69) is 5.32 Å². The number of hydrogen-bond acceptors (Lipinski definition) is 6. The lowest BCUT2D eigenvalue weighted by molar-refractivity contribution is -0.118. The fraction of sp³-hybridized carbons (Fsp3) is 0.263. The van der Waals surface area contributed by atoms with Crippen LogP contribution >= 0.6 is 0 Å². The topological polar surface area (TPSA) is 120 Å². The van der Waals surface area contributed by atoms with Crippen LogP contribution in [0.25, 0.3) is 0 Å². The molecular formula is C19H21N3O5S. The van der Waals surface area contributed by atoms with E-state index in [-0.39, 0.29) is 22.9 Å². The van der Waals surface area contributed by atoms with Crippen molar-refractivity contribution in [1.82, 2.24) is 4.31 Å². The molecule has 0 bridgehead atoms. The maximum absolute atomic E-state index is 12.6. The van der Waals surface area contributed by atoms with E-state index in [0.717, 1.165) is 0 Å². The van der Waals surface area contributed by atoms with Gasteiger partial charge in [-0.2, -0.15) is 9.57 Å². The van der Waals surface area contributed by atoms with E-state index < -0.39 is 15.9 Å². The second-order valence-electron chi connectivity index (χ2n) is 5.74. The summed E-state index contributed by atoms with van der Waals surface area (Å²) in [5.74, 6) is -0.432. The number of carbonyl (C=O) groups excluding carboxylic acids is 1. The molecule has 2 rings (SSSR count). The fourth-order valence-corrected chi connectivity index (χ4v) is 3.93. The molecule has 148 valence electrons. The molecule has 2 aromatic rings. The summed E-state index contributed by atoms with van der Waals surface area (Å²) in [5, 5.41) is 21.1. The van der Waals surface area contributed by atoms with Crippen molar-refractivity contribution in [2.75, 3.05) is 25.0 Å². The summed E-state index contributed by atoms with van der Waals surface area (Å²) < 4.78 is 31.8. The lowest BCUT2D eigenvalue weighted by Crippen LogP contribution is -2.30. The van der Waals surface area contributed by atoms with Gasteiger partial charge in [0.25, 0.3) is 5.91 Å². The van der Waals surface area contributed by atoms with Gasteiger partial charge in [0.15, 0.2) is 6.61 Å². The molecule has 8 nitrogen and oxygen atoms in total. The molecule has 0 aromatic heterocycles. The summed E-state index contributed by atoms with van der Waals surface area (Å²) >= 11 is 0. The minimum Gasteiger partial charge on any atom is -0.506 e. The number of phenolic OH excluding ortho intramolecular Hbond substituents is 1. The molecule has 2 N–H and O–H groups in total. The van der Waals surface area contributed by atoms with E-state index in [1.54, 1.807) is 38.1 Å². The second-order valence-corrected chi connectivity index (χ2v) is 7.68. The number of sulfonamides is 1. The summed E-state index contributed by atoms with van der Waals surface area (Å²) in [6.07, 6.45) is 0. The molecule has 0 saturated carbocycles. The first-order valence-corrected chi connectivity index (χ1v) is 10.0. The molecule has 1 amide bonds. The highest BCUT2D eigenvalue weighted by Gasteiger charge is 2.23. The zero-order valence-corrected chi connectivity index (χ0v) is 16.4. The smallest absolute Gasteiger partial charge is 0.262 e. The van der Waals surface area contributed by atoms with Gasteiger partial charge in [0.1, 0.15) is 11.5 Å². The van der Waals surface area contributed by atoms with Gasteiger partial charge in [-0.25, -0.2) is 8.42 Å². The SMILES string of the molecule is CCN(CC)S(=O)(=O)c1ccc(O)c(NC(=O)COc2ccc(C#N)cc2)c1. The predicted molar refractivity (Wildman–Crippen MR) is 103 cm³/mol. The van der Waals surface area contributed by atoms with Gasteiger partial charge in [-0.05, 0) is 42.5 Å². The molecule has 0 fully saturated rings. The summed E-state index contributed by atoms with van der Waals surface area (Å²) in [6, 6.07) is 11.9. The minimum atomic E-state index is -3.72. The minimum absolute atomic E-state index is 0.0262. The number of nitrogens with zero attached hydrogens (tertiary/aromatic N) is 2. The third kappa shape index (κ3) is 5.00. The van der Waals surface area contributed by atoms with Crippen molar-refractivity contribution in [3.05, 3.63) is 48.0 Å². The number of nitriles is 1. The summed E-state index contributed by atoms with van der Waals surface area (Å²) in [6.45, 7) is 3.72. The molecule has 0 aliphatic heterocycles. The van der Waals surface area contributed by atoms with Crippen LogP contribution in [0.3, 0.4) is 0 Å². The molecule has 0 atom stereocenters. The van der Waals surface area contributed by atoms with Crippen LogP contribution in [0.2, 0.25) is 0 Å². The van der Waals surface area contributed by atoms with Gasteiger partial charge in [-0.3, -0.25) is 4.79 Å². The summed E-state index contributed by atoms with van der Waals surface area (Å²) in [5.41, 5.74) is 0.439. The van der Waals surface area contributed by atoms with Gasteiger partial charge in [-0.1, -0.05) is 13.8 Å². The van der Waals surface area contributed by atoms with Gasteiger partial charge < -0.3 is 15.2 Å². The lowest BCUT2D eigenvalue weighted by Gasteiger charge is -2.19. The Morgan fingerprint density at radius 1 is 1.18 bits per heavy atom. The molecular weight excluding hydrogens is 382 g/mol. The first-order valence-electron chi connectivity index (χ1n) is 8.57. The van der Waals surface area contributed by atoms with Crippen LogP contribution in [0.5, 0.6) is 11.5 Å². The van der Waals surface area contributed by atoms with Crippen LogP contribution in [0.4, 0.5) is 5.69 Å². The lowest BCUT2D eigenvalue weighted by atomic mass is 10.2. The highest BCUT2D eigenvalue weighted by Crippen LogP contribution is 2.28. The Morgan fingerprint density at radius 3 is 2.39 bits per heavy atom. The first-order chi connectivity index (χ1) is 13.3. The molecule has 0 spiro atoms. The van der Waals surface area contributed by atoms with Crippen LogP contribution in [-0.4, -0.2) is 43.4 Å². The normalized spacial score (nSPS) is 11.1. The number of carbonyl (C=O) groups is 1. The third-order valence-corrected chi connectivity index (χ3v) is 5.98. The zero-order valence-electron chi connectivity index (χ0n) is 15.5. The first kappa shape index (κ1) is 21.2. The molecule has 0 aliphatic rings. The largest absolute Gasteiger partial charge is 0.506 e. The second kappa shape index (κ2) is 9.21. The fourth-order valence-electron chi connectivity index (χ4n) is 2.45. The average Bonchev–Trinajstić information content (AvgIpc) is 2.69. The quantitative estimate of drug-likeness (QED) is 0.653. The van der Waals surface area contributed by atoms with E-state index in [4.69, 9.17) is 10.00 Å². The van der Waals surface area contributed by atoms with Crippen LogP contribution in [0.1, 0.15) is 19.4 Å². The highest BCUT2D eigenvalue weighted by atomic mass is 32.2. The molecule has 0 heterocycles. The maximum atomic E-state index is 12.6. The third-order valence-electron chi connectivity index (χ3n) is 3.94. The van der Waals surface area contributed by atoms with E-state index in [1.165, 1.54) is 22.5 Å². The molecule has 0 saturated heterocycles. The van der Waals surface area contributed by atoms with Crippen molar-refractivity contribution in [2.24, 2.45) is 0 Å². The van der Waals surface area contributed by atoms with E-state index >= 15 is 0 Å². The molecule has 9 heteroatoms. The monoisotopic (exact) mass is 403 g/mol. The zero-order chi connectivity index (χ0) is 20.7. The number of benzene rings is 2. The Labute approximate surface area is 164 Å². The average molecular weight is 403 g/mol. The van der Waals surface area contributed by atoms with Crippen molar-refractivity contribution >= 4 is 21.6 Å². The van der Waals surface area contributed by atoms with Crippen molar-refractivity contribution in [3.63, 3.8) is 0 Å². The van der Waals surface area contributed by atoms with E-state index in [1.807, 2.05) is 6.07 Å². The highest BCUT2D eigenvalue weighted by molar-refractivity contribution is 7.89. The standard InChI is InChI=1S/C19H21N3O5S/c1-3-22(4-2)28(25,26)16-9-10-18(23)17(11-16)21-19(24)13-27-15-7-5-14(12-20)6-8-15/h5-11,23H,3-4,13H2,1-2H3,(H,21,24). The molecule has 2 aromatic carbocycles. The Kier molecular flexibility index (Phi) is 6.98. The number of phenols is 1. The van der Waals surface area contributed by atoms with E-state index in [0.29, 0.717) is 24.4 Å². The Morgan fingerprint density at radius 2 is 1.82 bits per heavy atom. The van der Waals surface area contributed by atoms with Crippen molar-refractivity contribution in [1.29, 1.82) is 5.26 Å². The van der Waals surface area contributed by atoms with Gasteiger partial charge >= 0.3 is 0 Å². The Bertz CT molecular complexity index is 978. The van der Waals surface area contributed by atoms with E-state index in [9.17, 15) is 18.3 Å². The molecule has 0 radical (unpaired) electrons. The van der Waals surface area contributed by atoms with Crippen molar-refractivity contribution in [3.8, 4) is 17.6 Å². The number of nitrogens with one attached hydrogen (secondary N) is 1. The number of hydrogen-bond donors (Lipinski definition) is 2. The molecule has 28 heavy (non-hydrogen) atoms. The number of ether oxygens (including phenoxy) is 1. The Hall–Kier alpha value is -3.09. The molecule has 0 aliphatic carbocycles. The van der Waals surface area contributed by atoms with Crippen molar-refractivity contribution < 1.29 is 23.1 Å². The van der Waals surface area contributed by atoms with Crippen molar-refractivity contribution in [2.45, 2.75) is 18.7 Å². The van der Waals surface area contributed by atoms with Crippen LogP contribution < -0.4 is 10.1 Å². The number of amides is 1. The summed E-state index contributed by atoms with van der Waals surface area (Å²) in [4.78, 5) is 12.1.